The fraction of sp³-hybridized carbons (Fsp3) is 0.600. The molecule has 0 radical (unpaired) electrons. The first-order chi connectivity index (χ1) is 8.66. The third-order valence-electron chi connectivity index (χ3n) is 3.47. The van der Waals surface area contributed by atoms with Gasteiger partial charge in [-0.2, -0.15) is 11.8 Å². The summed E-state index contributed by atoms with van der Waals surface area (Å²) in [6, 6.07) is 9.96. The fourth-order valence-electron chi connectivity index (χ4n) is 2.40. The van der Waals surface area contributed by atoms with Gasteiger partial charge in [0.25, 0.3) is 0 Å². The van der Waals surface area contributed by atoms with E-state index >= 15 is 0 Å². The Morgan fingerprint density at radius 1 is 1.39 bits per heavy atom. The van der Waals surface area contributed by atoms with Crippen LogP contribution in [0.2, 0.25) is 0 Å². The topological polar surface area (TPSA) is 15.3 Å². The van der Waals surface area contributed by atoms with Gasteiger partial charge >= 0.3 is 0 Å². The molecular weight excluding hydrogens is 240 g/mol. The average Bonchev–Trinajstić information content (AvgIpc) is 2.37. The standard InChI is InChI=1S/C15H24N2S/c1-12(8-9-17(2)3)16-15-11-18-10-13-6-4-5-7-14(13)15/h4-7,12,15-16H,8-11H2,1-3H3. The Morgan fingerprint density at radius 3 is 2.94 bits per heavy atom. The molecule has 0 bridgehead atoms. The number of benzene rings is 1. The molecule has 0 saturated heterocycles. The zero-order valence-corrected chi connectivity index (χ0v) is 12.5. The molecule has 1 aliphatic heterocycles. The number of fused-ring (bicyclic) bond motifs is 1. The Labute approximate surface area is 115 Å². The molecule has 2 atom stereocenters. The van der Waals surface area contributed by atoms with Crippen molar-refractivity contribution < 1.29 is 0 Å². The van der Waals surface area contributed by atoms with Crippen LogP contribution in [-0.2, 0) is 5.75 Å². The lowest BCUT2D eigenvalue weighted by Crippen LogP contribution is -2.35. The van der Waals surface area contributed by atoms with Gasteiger partial charge in [-0.25, -0.2) is 0 Å². The lowest BCUT2D eigenvalue weighted by atomic mass is 10.0. The van der Waals surface area contributed by atoms with Crippen LogP contribution in [0.4, 0.5) is 0 Å². The fourth-order valence-corrected chi connectivity index (χ4v) is 3.51. The predicted octanol–water partition coefficient (Wildman–Crippen LogP) is 2.90. The molecular formula is C15H24N2S. The van der Waals surface area contributed by atoms with E-state index in [4.69, 9.17) is 0 Å². The average molecular weight is 264 g/mol. The summed E-state index contributed by atoms with van der Waals surface area (Å²) in [5.74, 6) is 2.36. The van der Waals surface area contributed by atoms with Crippen LogP contribution in [0.25, 0.3) is 0 Å². The Bertz CT molecular complexity index is 379. The Kier molecular flexibility index (Phi) is 5.10. The van der Waals surface area contributed by atoms with Gasteiger partial charge in [-0.3, -0.25) is 0 Å². The van der Waals surface area contributed by atoms with Crippen LogP contribution in [0.1, 0.15) is 30.5 Å². The summed E-state index contributed by atoms with van der Waals surface area (Å²) in [4.78, 5) is 2.25. The molecule has 1 aliphatic rings. The zero-order chi connectivity index (χ0) is 13.0. The van der Waals surface area contributed by atoms with Crippen molar-refractivity contribution in [2.45, 2.75) is 31.2 Å². The van der Waals surface area contributed by atoms with E-state index in [9.17, 15) is 0 Å². The van der Waals surface area contributed by atoms with E-state index in [1.165, 1.54) is 29.1 Å². The number of hydrogen-bond donors (Lipinski definition) is 1. The van der Waals surface area contributed by atoms with Crippen molar-refractivity contribution >= 4 is 11.8 Å². The second kappa shape index (κ2) is 6.60. The molecule has 0 aliphatic carbocycles. The molecule has 100 valence electrons. The highest BCUT2D eigenvalue weighted by molar-refractivity contribution is 7.98. The van der Waals surface area contributed by atoms with E-state index < -0.39 is 0 Å². The van der Waals surface area contributed by atoms with E-state index in [-0.39, 0.29) is 0 Å². The lowest BCUT2D eigenvalue weighted by Gasteiger charge is -2.29. The van der Waals surface area contributed by atoms with Crippen molar-refractivity contribution in [2.75, 3.05) is 26.4 Å². The smallest absolute Gasteiger partial charge is 0.0417 e. The minimum atomic E-state index is 0.525. The molecule has 2 nitrogen and oxygen atoms in total. The highest BCUT2D eigenvalue weighted by atomic mass is 32.2. The normalized spacial score (nSPS) is 20.8. The lowest BCUT2D eigenvalue weighted by molar-refractivity contribution is 0.355. The van der Waals surface area contributed by atoms with Crippen molar-refractivity contribution in [3.63, 3.8) is 0 Å². The molecule has 0 saturated carbocycles. The molecule has 2 unspecified atom stereocenters. The Balaban J connectivity index is 1.94. The van der Waals surface area contributed by atoms with Gasteiger partial charge in [0, 0.05) is 23.6 Å². The largest absolute Gasteiger partial charge is 0.309 e. The maximum atomic E-state index is 3.78. The van der Waals surface area contributed by atoms with Crippen LogP contribution in [0, 0.1) is 0 Å². The van der Waals surface area contributed by atoms with E-state index in [1.54, 1.807) is 0 Å². The van der Waals surface area contributed by atoms with Crippen LogP contribution in [0.15, 0.2) is 24.3 Å². The highest BCUT2D eigenvalue weighted by Gasteiger charge is 2.21. The van der Waals surface area contributed by atoms with Crippen molar-refractivity contribution in [3.8, 4) is 0 Å². The van der Waals surface area contributed by atoms with E-state index in [2.05, 4.69) is 55.5 Å². The zero-order valence-electron chi connectivity index (χ0n) is 11.6. The first kappa shape index (κ1) is 13.9. The monoisotopic (exact) mass is 264 g/mol. The summed E-state index contributed by atoms with van der Waals surface area (Å²) in [6.45, 7) is 3.45. The summed E-state index contributed by atoms with van der Waals surface area (Å²) < 4.78 is 0. The summed E-state index contributed by atoms with van der Waals surface area (Å²) in [6.07, 6.45) is 1.20. The predicted molar refractivity (Wildman–Crippen MR) is 81.1 cm³/mol. The summed E-state index contributed by atoms with van der Waals surface area (Å²) in [5, 5.41) is 3.78. The van der Waals surface area contributed by atoms with Crippen molar-refractivity contribution in [1.29, 1.82) is 0 Å². The quantitative estimate of drug-likeness (QED) is 0.880. The minimum absolute atomic E-state index is 0.525. The van der Waals surface area contributed by atoms with Crippen LogP contribution in [0.3, 0.4) is 0 Å². The van der Waals surface area contributed by atoms with E-state index in [0.29, 0.717) is 12.1 Å². The van der Waals surface area contributed by atoms with Gasteiger partial charge < -0.3 is 10.2 Å². The second-order valence-electron chi connectivity index (χ2n) is 5.43. The molecule has 0 spiro atoms. The van der Waals surface area contributed by atoms with Crippen molar-refractivity contribution in [3.05, 3.63) is 35.4 Å². The van der Waals surface area contributed by atoms with Gasteiger partial charge in [0.15, 0.2) is 0 Å². The van der Waals surface area contributed by atoms with Gasteiger partial charge in [0.2, 0.25) is 0 Å². The van der Waals surface area contributed by atoms with Crippen molar-refractivity contribution in [2.24, 2.45) is 0 Å². The molecule has 1 heterocycles. The third kappa shape index (κ3) is 3.74. The first-order valence-corrected chi connectivity index (χ1v) is 7.88. The maximum absolute atomic E-state index is 3.78. The van der Waals surface area contributed by atoms with Crippen LogP contribution in [-0.4, -0.2) is 37.3 Å². The van der Waals surface area contributed by atoms with Crippen molar-refractivity contribution in [1.82, 2.24) is 10.2 Å². The molecule has 0 aromatic heterocycles. The molecule has 1 aromatic carbocycles. The van der Waals surface area contributed by atoms with E-state index in [0.717, 1.165) is 6.54 Å². The van der Waals surface area contributed by atoms with Gasteiger partial charge in [-0.05, 0) is 45.1 Å². The van der Waals surface area contributed by atoms with Crippen LogP contribution in [0.5, 0.6) is 0 Å². The molecule has 2 rings (SSSR count). The van der Waals surface area contributed by atoms with Crippen LogP contribution >= 0.6 is 11.8 Å². The highest BCUT2D eigenvalue weighted by Crippen LogP contribution is 2.31. The van der Waals surface area contributed by atoms with E-state index in [1.807, 2.05) is 11.8 Å². The number of nitrogens with zero attached hydrogens (tertiary/aromatic N) is 1. The Morgan fingerprint density at radius 2 is 2.17 bits per heavy atom. The number of thioether (sulfide) groups is 1. The number of nitrogens with one attached hydrogen (secondary N) is 1. The SMILES string of the molecule is CC(CCN(C)C)NC1CSCc2ccccc21. The summed E-state index contributed by atoms with van der Waals surface area (Å²) in [7, 11) is 4.27. The van der Waals surface area contributed by atoms with Gasteiger partial charge in [0.05, 0.1) is 0 Å². The first-order valence-electron chi connectivity index (χ1n) is 6.73. The van der Waals surface area contributed by atoms with Crippen LogP contribution < -0.4 is 5.32 Å². The minimum Gasteiger partial charge on any atom is -0.309 e. The molecule has 0 amide bonds. The molecule has 0 fully saturated rings. The molecule has 3 heteroatoms. The molecule has 18 heavy (non-hydrogen) atoms. The summed E-state index contributed by atoms with van der Waals surface area (Å²) >= 11 is 2.04. The maximum Gasteiger partial charge on any atom is 0.0417 e. The van der Waals surface area contributed by atoms with Gasteiger partial charge in [0.1, 0.15) is 0 Å². The molecule has 1 aromatic rings. The number of rotatable bonds is 5. The van der Waals surface area contributed by atoms with Gasteiger partial charge in [-0.15, -0.1) is 0 Å². The second-order valence-corrected chi connectivity index (χ2v) is 6.46. The van der Waals surface area contributed by atoms with Gasteiger partial charge in [-0.1, -0.05) is 24.3 Å². The Hall–Kier alpha value is -0.510. The number of hydrogen-bond acceptors (Lipinski definition) is 3. The molecule has 1 N–H and O–H groups in total. The third-order valence-corrected chi connectivity index (χ3v) is 4.55. The summed E-state index contributed by atoms with van der Waals surface area (Å²) in [5.41, 5.74) is 3.01.